The number of carbonyl (C=O) groups excluding carboxylic acids is 1. The zero-order valence-electron chi connectivity index (χ0n) is 12.1. The van der Waals surface area contributed by atoms with Crippen molar-refractivity contribution in [3.8, 4) is 11.3 Å². The van der Waals surface area contributed by atoms with Gasteiger partial charge in [0.25, 0.3) is 5.91 Å². The summed E-state index contributed by atoms with van der Waals surface area (Å²) >= 11 is 0. The summed E-state index contributed by atoms with van der Waals surface area (Å²) in [6.45, 7) is 0. The molecule has 0 aliphatic heterocycles. The van der Waals surface area contributed by atoms with Crippen LogP contribution in [0, 0.1) is 5.92 Å². The van der Waals surface area contributed by atoms with E-state index in [-0.39, 0.29) is 17.9 Å². The quantitative estimate of drug-likeness (QED) is 0.811. The monoisotopic (exact) mass is 298 g/mol. The molecule has 2 aromatic rings. The number of hydrogen-bond donors (Lipinski definition) is 3. The lowest BCUT2D eigenvalue weighted by Crippen LogP contribution is -2.33. The van der Waals surface area contributed by atoms with Gasteiger partial charge in [-0.3, -0.25) is 9.59 Å². The predicted molar refractivity (Wildman–Crippen MR) is 82.5 cm³/mol. The molecule has 0 spiro atoms. The lowest BCUT2D eigenvalue weighted by molar-refractivity contribution is -0.141. The first-order valence-corrected chi connectivity index (χ1v) is 7.41. The molecule has 3 rings (SSSR count). The molecule has 1 amide bonds. The molecule has 114 valence electrons. The Morgan fingerprint density at radius 1 is 1.09 bits per heavy atom. The Balaban J connectivity index is 1.64. The highest BCUT2D eigenvalue weighted by molar-refractivity contribution is 5.93. The van der Waals surface area contributed by atoms with Crippen LogP contribution in [0.3, 0.4) is 0 Å². The second kappa shape index (κ2) is 6.05. The van der Waals surface area contributed by atoms with Gasteiger partial charge in [0.2, 0.25) is 0 Å². The standard InChI is InChI=1S/C17H18N2O3/c20-16(18-13-7-6-12(10-13)17(21)22)15-9-8-14(19-15)11-4-2-1-3-5-11/h1-5,8-9,12-13,19H,6-7,10H2,(H,18,20)(H,21,22)/t12-,13+/m0/s1. The Bertz CT molecular complexity index is 678. The third-order valence-corrected chi connectivity index (χ3v) is 4.13. The molecule has 1 fully saturated rings. The SMILES string of the molecule is O=C(N[C@@H]1CC[C@H](C(=O)O)C1)c1ccc(-c2ccccc2)[nH]1. The maximum Gasteiger partial charge on any atom is 0.306 e. The summed E-state index contributed by atoms with van der Waals surface area (Å²) < 4.78 is 0. The first-order chi connectivity index (χ1) is 10.6. The van der Waals surface area contributed by atoms with Gasteiger partial charge in [0.1, 0.15) is 5.69 Å². The molecule has 0 radical (unpaired) electrons. The number of carboxylic acids is 1. The fourth-order valence-electron chi connectivity index (χ4n) is 2.91. The number of aromatic amines is 1. The van der Waals surface area contributed by atoms with Crippen LogP contribution in [0.4, 0.5) is 0 Å². The van der Waals surface area contributed by atoms with Crippen molar-refractivity contribution in [2.24, 2.45) is 5.92 Å². The molecule has 1 aliphatic rings. The molecule has 22 heavy (non-hydrogen) atoms. The number of hydrogen-bond acceptors (Lipinski definition) is 2. The van der Waals surface area contributed by atoms with Crippen molar-refractivity contribution in [1.82, 2.24) is 10.3 Å². The van der Waals surface area contributed by atoms with Crippen LogP contribution >= 0.6 is 0 Å². The molecule has 5 heteroatoms. The van der Waals surface area contributed by atoms with E-state index in [1.807, 2.05) is 36.4 Å². The first-order valence-electron chi connectivity index (χ1n) is 7.41. The lowest BCUT2D eigenvalue weighted by Gasteiger charge is -2.11. The second-order valence-corrected chi connectivity index (χ2v) is 5.67. The molecule has 1 heterocycles. The van der Waals surface area contributed by atoms with E-state index in [2.05, 4.69) is 10.3 Å². The second-order valence-electron chi connectivity index (χ2n) is 5.67. The van der Waals surface area contributed by atoms with Crippen molar-refractivity contribution >= 4 is 11.9 Å². The van der Waals surface area contributed by atoms with Crippen LogP contribution in [0.5, 0.6) is 0 Å². The van der Waals surface area contributed by atoms with Gasteiger partial charge in [0.15, 0.2) is 0 Å². The Labute approximate surface area is 128 Å². The minimum Gasteiger partial charge on any atom is -0.481 e. The zero-order chi connectivity index (χ0) is 15.5. The highest BCUT2D eigenvalue weighted by Gasteiger charge is 2.30. The van der Waals surface area contributed by atoms with Crippen LogP contribution in [0.1, 0.15) is 29.8 Å². The maximum absolute atomic E-state index is 12.2. The molecular weight excluding hydrogens is 280 g/mol. The van der Waals surface area contributed by atoms with Gasteiger partial charge in [-0.2, -0.15) is 0 Å². The topological polar surface area (TPSA) is 82.2 Å². The van der Waals surface area contributed by atoms with Crippen molar-refractivity contribution in [3.05, 3.63) is 48.2 Å². The van der Waals surface area contributed by atoms with Crippen molar-refractivity contribution < 1.29 is 14.7 Å². The average molecular weight is 298 g/mol. The van der Waals surface area contributed by atoms with E-state index in [1.165, 1.54) is 0 Å². The number of H-pyrrole nitrogens is 1. The molecule has 3 N–H and O–H groups in total. The van der Waals surface area contributed by atoms with Crippen LogP contribution < -0.4 is 5.32 Å². The van der Waals surface area contributed by atoms with Gasteiger partial charge >= 0.3 is 5.97 Å². The Morgan fingerprint density at radius 2 is 1.86 bits per heavy atom. The molecular formula is C17H18N2O3. The first kappa shape index (κ1) is 14.4. The van der Waals surface area contributed by atoms with E-state index in [9.17, 15) is 9.59 Å². The minimum atomic E-state index is -0.775. The van der Waals surface area contributed by atoms with E-state index >= 15 is 0 Å². The van der Waals surface area contributed by atoms with Crippen molar-refractivity contribution in [2.75, 3.05) is 0 Å². The van der Waals surface area contributed by atoms with E-state index in [1.54, 1.807) is 6.07 Å². The molecule has 1 aromatic heterocycles. The van der Waals surface area contributed by atoms with Gasteiger partial charge in [-0.15, -0.1) is 0 Å². The molecule has 1 aromatic carbocycles. The summed E-state index contributed by atoms with van der Waals surface area (Å²) in [4.78, 5) is 26.3. The van der Waals surface area contributed by atoms with Crippen molar-refractivity contribution in [1.29, 1.82) is 0 Å². The Hall–Kier alpha value is -2.56. The van der Waals surface area contributed by atoms with Gasteiger partial charge in [-0.05, 0) is 37.0 Å². The van der Waals surface area contributed by atoms with Crippen LogP contribution in [0.2, 0.25) is 0 Å². The third-order valence-electron chi connectivity index (χ3n) is 4.13. The number of aliphatic carboxylic acids is 1. The fourth-order valence-corrected chi connectivity index (χ4v) is 2.91. The molecule has 0 bridgehead atoms. The Kier molecular flexibility index (Phi) is 3.96. The molecule has 1 aliphatic carbocycles. The van der Waals surface area contributed by atoms with E-state index < -0.39 is 5.97 Å². The van der Waals surface area contributed by atoms with Crippen molar-refractivity contribution in [3.63, 3.8) is 0 Å². The largest absolute Gasteiger partial charge is 0.481 e. The van der Waals surface area contributed by atoms with Crippen LogP contribution in [0.15, 0.2) is 42.5 Å². The predicted octanol–water partition coefficient (Wildman–Crippen LogP) is 2.66. The number of carbonyl (C=O) groups is 2. The number of benzene rings is 1. The summed E-state index contributed by atoms with van der Waals surface area (Å²) in [6, 6.07) is 13.3. The smallest absolute Gasteiger partial charge is 0.306 e. The number of nitrogens with one attached hydrogen (secondary N) is 2. The van der Waals surface area contributed by atoms with E-state index in [0.717, 1.165) is 17.7 Å². The highest BCUT2D eigenvalue weighted by Crippen LogP contribution is 2.26. The molecule has 2 atom stereocenters. The number of carboxylic acid groups (broad SMARTS) is 1. The Morgan fingerprint density at radius 3 is 2.55 bits per heavy atom. The molecule has 0 unspecified atom stereocenters. The van der Waals surface area contributed by atoms with Gasteiger partial charge in [-0.1, -0.05) is 30.3 Å². The molecule has 0 saturated heterocycles. The summed E-state index contributed by atoms with van der Waals surface area (Å²) in [5, 5.41) is 11.9. The highest BCUT2D eigenvalue weighted by atomic mass is 16.4. The van der Waals surface area contributed by atoms with Crippen molar-refractivity contribution in [2.45, 2.75) is 25.3 Å². The fraction of sp³-hybridized carbons (Fsp3) is 0.294. The zero-order valence-corrected chi connectivity index (χ0v) is 12.1. The van der Waals surface area contributed by atoms with E-state index in [4.69, 9.17) is 5.11 Å². The number of amides is 1. The van der Waals surface area contributed by atoms with E-state index in [0.29, 0.717) is 18.5 Å². The summed E-state index contributed by atoms with van der Waals surface area (Å²) in [5.74, 6) is -1.30. The van der Waals surface area contributed by atoms with Gasteiger partial charge < -0.3 is 15.4 Å². The average Bonchev–Trinajstić information content (AvgIpc) is 3.17. The summed E-state index contributed by atoms with van der Waals surface area (Å²) in [5.41, 5.74) is 2.41. The van der Waals surface area contributed by atoms with Gasteiger partial charge in [-0.25, -0.2) is 0 Å². The molecule has 5 nitrogen and oxygen atoms in total. The number of rotatable bonds is 4. The van der Waals surface area contributed by atoms with Crippen LogP contribution in [-0.2, 0) is 4.79 Å². The summed E-state index contributed by atoms with van der Waals surface area (Å²) in [6.07, 6.45) is 1.85. The molecule has 1 saturated carbocycles. The van der Waals surface area contributed by atoms with Crippen LogP contribution in [0.25, 0.3) is 11.3 Å². The normalized spacial score (nSPS) is 20.7. The van der Waals surface area contributed by atoms with Gasteiger partial charge in [0.05, 0.1) is 5.92 Å². The third kappa shape index (κ3) is 3.03. The number of aromatic nitrogens is 1. The van der Waals surface area contributed by atoms with Crippen LogP contribution in [-0.4, -0.2) is 28.0 Å². The maximum atomic E-state index is 12.2. The minimum absolute atomic E-state index is 0.0583. The summed E-state index contributed by atoms with van der Waals surface area (Å²) in [7, 11) is 0. The van der Waals surface area contributed by atoms with Gasteiger partial charge in [0, 0.05) is 11.7 Å². The lowest BCUT2D eigenvalue weighted by atomic mass is 10.1.